The largest absolute Gasteiger partial charge is 0.379 e. The maximum atomic E-state index is 12.1. The van der Waals surface area contributed by atoms with Gasteiger partial charge < -0.3 is 15.4 Å². The highest BCUT2D eigenvalue weighted by Crippen LogP contribution is 2.40. The Morgan fingerprint density at radius 2 is 1.97 bits per heavy atom. The fourth-order valence-electron chi connectivity index (χ4n) is 4.91. The zero-order valence-electron chi connectivity index (χ0n) is 19.6. The standard InChI is InChI=1S/C26H31N5O2S/c1-16(17-7-9-19(10-8-17)28-25(32)18-5-6-18)27-24-23-20-3-2-4-21(20)34-26(23)30-22(29-24)15-31-11-13-33-14-12-31/h7-10,16,18H,2-6,11-15H2,1H3,(H,28,32)(H,27,29,30). The van der Waals surface area contributed by atoms with E-state index in [2.05, 4.69) is 34.6 Å². The van der Waals surface area contributed by atoms with Crippen molar-refractivity contribution in [1.29, 1.82) is 0 Å². The molecule has 1 saturated heterocycles. The van der Waals surface area contributed by atoms with Gasteiger partial charge in [0.1, 0.15) is 16.5 Å². The molecular weight excluding hydrogens is 446 g/mol. The molecule has 0 bridgehead atoms. The third-order valence-electron chi connectivity index (χ3n) is 7.06. The first kappa shape index (κ1) is 21.9. The van der Waals surface area contributed by atoms with Gasteiger partial charge in [-0.05, 0) is 62.3 Å². The first-order valence-corrected chi connectivity index (χ1v) is 13.2. The summed E-state index contributed by atoms with van der Waals surface area (Å²) in [5.41, 5.74) is 3.46. The van der Waals surface area contributed by atoms with Crippen molar-refractivity contribution in [1.82, 2.24) is 14.9 Å². The maximum absolute atomic E-state index is 12.1. The molecule has 1 aliphatic heterocycles. The molecular formula is C26H31N5O2S. The van der Waals surface area contributed by atoms with Crippen LogP contribution in [0.3, 0.4) is 0 Å². The van der Waals surface area contributed by atoms with Crippen molar-refractivity contribution in [2.24, 2.45) is 5.92 Å². The average Bonchev–Trinajstić information content (AvgIpc) is 3.50. The third-order valence-corrected chi connectivity index (χ3v) is 8.24. The number of carbonyl (C=O) groups is 1. The van der Waals surface area contributed by atoms with E-state index in [1.54, 1.807) is 0 Å². The number of benzene rings is 1. The quantitative estimate of drug-likeness (QED) is 0.520. The van der Waals surface area contributed by atoms with E-state index in [0.717, 1.165) is 86.3 Å². The first-order valence-electron chi connectivity index (χ1n) is 12.4. The summed E-state index contributed by atoms with van der Waals surface area (Å²) in [4.78, 5) is 27.0. The van der Waals surface area contributed by atoms with Crippen LogP contribution in [0.1, 0.15) is 54.1 Å². The van der Waals surface area contributed by atoms with Crippen LogP contribution < -0.4 is 10.6 Å². The van der Waals surface area contributed by atoms with Crippen LogP contribution in [0, 0.1) is 5.92 Å². The number of nitrogens with one attached hydrogen (secondary N) is 2. The van der Waals surface area contributed by atoms with Crippen molar-refractivity contribution in [2.75, 3.05) is 36.9 Å². The topological polar surface area (TPSA) is 79.4 Å². The summed E-state index contributed by atoms with van der Waals surface area (Å²) in [5.74, 6) is 2.18. The minimum Gasteiger partial charge on any atom is -0.379 e. The van der Waals surface area contributed by atoms with Gasteiger partial charge in [-0.15, -0.1) is 11.3 Å². The fourth-order valence-corrected chi connectivity index (χ4v) is 6.19. The van der Waals surface area contributed by atoms with Crippen molar-refractivity contribution in [3.63, 3.8) is 0 Å². The summed E-state index contributed by atoms with van der Waals surface area (Å²) in [6.45, 7) is 6.31. The van der Waals surface area contributed by atoms with E-state index < -0.39 is 0 Å². The summed E-state index contributed by atoms with van der Waals surface area (Å²) in [6, 6.07) is 8.25. The van der Waals surface area contributed by atoms with E-state index in [1.165, 1.54) is 22.2 Å². The fraction of sp³-hybridized carbons (Fsp3) is 0.500. The Labute approximate surface area is 203 Å². The van der Waals surface area contributed by atoms with Crippen molar-refractivity contribution < 1.29 is 9.53 Å². The molecule has 1 unspecified atom stereocenters. The summed E-state index contributed by atoms with van der Waals surface area (Å²) < 4.78 is 5.50. The molecule has 2 N–H and O–H groups in total. The minimum atomic E-state index is 0.0828. The third kappa shape index (κ3) is 4.54. The predicted octanol–water partition coefficient (Wildman–Crippen LogP) is 4.53. The van der Waals surface area contributed by atoms with E-state index in [0.29, 0.717) is 0 Å². The van der Waals surface area contributed by atoms with Gasteiger partial charge in [0.15, 0.2) is 0 Å². The lowest BCUT2D eigenvalue weighted by molar-refractivity contribution is -0.117. The number of amides is 1. The van der Waals surface area contributed by atoms with Gasteiger partial charge in [-0.1, -0.05) is 12.1 Å². The number of hydrogen-bond donors (Lipinski definition) is 2. The molecule has 0 radical (unpaired) electrons. The second kappa shape index (κ2) is 9.24. The number of nitrogens with zero attached hydrogens (tertiary/aromatic N) is 3. The molecule has 6 rings (SSSR count). The molecule has 1 saturated carbocycles. The van der Waals surface area contributed by atoms with Crippen molar-refractivity contribution in [2.45, 2.75) is 51.6 Å². The number of hydrogen-bond acceptors (Lipinski definition) is 7. The molecule has 1 aromatic carbocycles. The number of carbonyl (C=O) groups excluding carboxylic acids is 1. The van der Waals surface area contributed by atoms with Crippen LogP contribution in [0.15, 0.2) is 24.3 Å². The van der Waals surface area contributed by atoms with Crippen LogP contribution in [0.2, 0.25) is 0 Å². The van der Waals surface area contributed by atoms with Gasteiger partial charge in [0, 0.05) is 35.6 Å². The number of anilines is 2. The van der Waals surface area contributed by atoms with Crippen LogP contribution in [-0.4, -0.2) is 47.1 Å². The van der Waals surface area contributed by atoms with E-state index in [-0.39, 0.29) is 17.9 Å². The number of fused-ring (bicyclic) bond motifs is 3. The van der Waals surface area contributed by atoms with Crippen LogP contribution in [0.4, 0.5) is 11.5 Å². The van der Waals surface area contributed by atoms with Crippen molar-refractivity contribution in [3.8, 4) is 0 Å². The number of ether oxygens (including phenoxy) is 1. The highest BCUT2D eigenvalue weighted by molar-refractivity contribution is 7.19. The summed E-state index contributed by atoms with van der Waals surface area (Å²) in [6.07, 6.45) is 5.50. The lowest BCUT2D eigenvalue weighted by Crippen LogP contribution is -2.36. The summed E-state index contributed by atoms with van der Waals surface area (Å²) >= 11 is 1.84. The lowest BCUT2D eigenvalue weighted by Gasteiger charge is -2.26. The molecule has 2 aromatic heterocycles. The average molecular weight is 478 g/mol. The molecule has 178 valence electrons. The van der Waals surface area contributed by atoms with Gasteiger partial charge in [-0.3, -0.25) is 9.69 Å². The van der Waals surface area contributed by atoms with Gasteiger partial charge in [0.2, 0.25) is 5.91 Å². The van der Waals surface area contributed by atoms with E-state index >= 15 is 0 Å². The van der Waals surface area contributed by atoms with Crippen LogP contribution >= 0.6 is 11.3 Å². The van der Waals surface area contributed by atoms with E-state index in [4.69, 9.17) is 14.7 Å². The van der Waals surface area contributed by atoms with Gasteiger partial charge in [-0.2, -0.15) is 0 Å². The summed E-state index contributed by atoms with van der Waals surface area (Å²) in [5, 5.41) is 7.94. The lowest BCUT2D eigenvalue weighted by atomic mass is 10.1. The minimum absolute atomic E-state index is 0.0828. The molecule has 34 heavy (non-hydrogen) atoms. The second-order valence-corrected chi connectivity index (χ2v) is 10.7. The molecule has 0 spiro atoms. The molecule has 3 aliphatic rings. The smallest absolute Gasteiger partial charge is 0.227 e. The second-order valence-electron chi connectivity index (χ2n) is 9.67. The molecule has 2 fully saturated rings. The van der Waals surface area contributed by atoms with E-state index in [1.807, 2.05) is 23.5 Å². The summed E-state index contributed by atoms with van der Waals surface area (Å²) in [7, 11) is 0. The molecule has 7 nitrogen and oxygen atoms in total. The van der Waals surface area contributed by atoms with Gasteiger partial charge in [0.05, 0.1) is 25.1 Å². The first-order chi connectivity index (χ1) is 16.6. The number of thiophene rings is 1. The van der Waals surface area contributed by atoms with Crippen LogP contribution in [0.25, 0.3) is 10.2 Å². The Bertz CT molecular complexity index is 1200. The van der Waals surface area contributed by atoms with Crippen molar-refractivity contribution in [3.05, 3.63) is 46.1 Å². The molecule has 2 aliphatic carbocycles. The SMILES string of the molecule is CC(Nc1nc(CN2CCOCC2)nc2sc3c(c12)CCC3)c1ccc(NC(=O)C2CC2)cc1. The number of aromatic nitrogens is 2. The number of aryl methyl sites for hydroxylation is 2. The normalized spacial score (nSPS) is 19.2. The molecule has 3 aromatic rings. The number of morpholine rings is 1. The van der Waals surface area contributed by atoms with Gasteiger partial charge in [-0.25, -0.2) is 9.97 Å². The highest BCUT2D eigenvalue weighted by atomic mass is 32.1. The monoisotopic (exact) mass is 477 g/mol. The maximum Gasteiger partial charge on any atom is 0.227 e. The zero-order chi connectivity index (χ0) is 23.1. The highest BCUT2D eigenvalue weighted by Gasteiger charge is 2.29. The van der Waals surface area contributed by atoms with Crippen LogP contribution in [0.5, 0.6) is 0 Å². The molecule has 3 heterocycles. The van der Waals surface area contributed by atoms with Gasteiger partial charge in [0.25, 0.3) is 0 Å². The van der Waals surface area contributed by atoms with E-state index in [9.17, 15) is 4.79 Å². The van der Waals surface area contributed by atoms with Crippen LogP contribution in [-0.2, 0) is 28.9 Å². The van der Waals surface area contributed by atoms with Gasteiger partial charge >= 0.3 is 0 Å². The predicted molar refractivity (Wildman–Crippen MR) is 135 cm³/mol. The Hall–Kier alpha value is -2.55. The Kier molecular flexibility index (Phi) is 5.97. The molecule has 1 atom stereocenters. The number of rotatable bonds is 7. The zero-order valence-corrected chi connectivity index (χ0v) is 20.4. The Balaban J connectivity index is 1.25. The Morgan fingerprint density at radius 3 is 2.74 bits per heavy atom. The molecule has 1 amide bonds. The Morgan fingerprint density at radius 1 is 1.18 bits per heavy atom. The van der Waals surface area contributed by atoms with Crippen molar-refractivity contribution >= 4 is 39.0 Å². The molecule has 8 heteroatoms.